The number of hydrogen-bond acceptors (Lipinski definition) is 5. The number of carbonyl (C=O) groups is 2. The molecule has 3 heterocycles. The number of carbonyl (C=O) groups excluding carboxylic acids is 2. The summed E-state index contributed by atoms with van der Waals surface area (Å²) in [6.07, 6.45) is 0.323. The highest BCUT2D eigenvalue weighted by molar-refractivity contribution is 7.71. The Bertz CT molecular complexity index is 1360. The molecule has 0 unspecified atom stereocenters. The van der Waals surface area contributed by atoms with Crippen LogP contribution in [0.15, 0.2) is 29.1 Å². The molecular weight excluding hydrogens is 475 g/mol. The summed E-state index contributed by atoms with van der Waals surface area (Å²) in [7, 11) is 1.49. The molecule has 1 atom stereocenters. The predicted octanol–water partition coefficient (Wildman–Crippen LogP) is 2.87. The summed E-state index contributed by atoms with van der Waals surface area (Å²) < 4.78 is 1.38. The van der Waals surface area contributed by atoms with E-state index < -0.39 is 5.91 Å². The third-order valence-corrected chi connectivity index (χ3v) is 6.36. The normalized spacial score (nSPS) is 15.4. The first-order chi connectivity index (χ1) is 15.2. The number of benzene rings is 1. The molecule has 0 fully saturated rings. The molecule has 3 aromatic rings. The molecule has 12 heteroatoms. The molecule has 166 valence electrons. The number of nitrogens with one attached hydrogen (secondary N) is 3. The minimum Gasteiger partial charge on any atom is -0.354 e. The Morgan fingerprint density at radius 1 is 1.25 bits per heavy atom. The van der Waals surface area contributed by atoms with Crippen molar-refractivity contribution in [3.63, 3.8) is 0 Å². The van der Waals surface area contributed by atoms with Gasteiger partial charge in [-0.1, -0.05) is 23.2 Å². The van der Waals surface area contributed by atoms with Gasteiger partial charge < -0.3 is 15.2 Å². The van der Waals surface area contributed by atoms with E-state index in [1.807, 2.05) is 6.92 Å². The molecule has 9 nitrogen and oxygen atoms in total. The number of amides is 2. The van der Waals surface area contributed by atoms with Gasteiger partial charge in [-0.3, -0.25) is 19.5 Å². The van der Waals surface area contributed by atoms with Crippen LogP contribution in [0.2, 0.25) is 10.0 Å². The molecule has 1 aliphatic heterocycles. The van der Waals surface area contributed by atoms with Gasteiger partial charge in [-0.15, -0.1) is 0 Å². The zero-order valence-corrected chi connectivity index (χ0v) is 19.4. The maximum Gasteiger partial charge on any atom is 0.271 e. The van der Waals surface area contributed by atoms with Crippen molar-refractivity contribution >= 4 is 47.2 Å². The monoisotopic (exact) mass is 492 g/mol. The van der Waals surface area contributed by atoms with Crippen molar-refractivity contribution in [3.8, 4) is 5.82 Å². The van der Waals surface area contributed by atoms with Crippen LogP contribution in [-0.4, -0.2) is 49.6 Å². The summed E-state index contributed by atoms with van der Waals surface area (Å²) >= 11 is 17.4. The van der Waals surface area contributed by atoms with Gasteiger partial charge in [0.1, 0.15) is 5.82 Å². The van der Waals surface area contributed by atoms with Gasteiger partial charge in [0.2, 0.25) is 0 Å². The van der Waals surface area contributed by atoms with Crippen LogP contribution in [-0.2, 0) is 13.0 Å². The van der Waals surface area contributed by atoms with Gasteiger partial charge in [-0.25, -0.2) is 4.57 Å². The van der Waals surface area contributed by atoms with Gasteiger partial charge in [0, 0.05) is 36.0 Å². The number of aromatic nitrogens is 4. The van der Waals surface area contributed by atoms with Crippen LogP contribution in [0.3, 0.4) is 0 Å². The third-order valence-electron chi connectivity index (χ3n) is 5.34. The first-order valence-corrected chi connectivity index (χ1v) is 10.8. The van der Waals surface area contributed by atoms with Gasteiger partial charge in [-0.05, 0) is 43.8 Å². The largest absolute Gasteiger partial charge is 0.354 e. The van der Waals surface area contributed by atoms with Gasteiger partial charge in [0.25, 0.3) is 17.4 Å². The van der Waals surface area contributed by atoms with E-state index in [0.717, 1.165) is 0 Å². The van der Waals surface area contributed by atoms with Crippen LogP contribution in [0.25, 0.3) is 5.82 Å². The Labute approximate surface area is 197 Å². The standard InChI is InChI=1S/C20H18Cl2N6O3S/c1-9-5-11-15(8-27(9)18(30)10-3-4-12(21)13(22)6-10)24-20(32)28(19(11)31)16-7-14(25-26-16)17(29)23-2/h3-4,6-7,9H,5,8H2,1-2H3,(H,23,29)(H,24,32)(H,25,26)/t9-/m1/s1. The molecular formula is C20H18Cl2N6O3S. The molecule has 0 saturated carbocycles. The lowest BCUT2D eigenvalue weighted by Gasteiger charge is -2.34. The van der Waals surface area contributed by atoms with E-state index in [0.29, 0.717) is 33.3 Å². The molecule has 2 aromatic heterocycles. The lowest BCUT2D eigenvalue weighted by molar-refractivity contribution is 0.0652. The predicted molar refractivity (Wildman–Crippen MR) is 122 cm³/mol. The molecule has 2 amide bonds. The van der Waals surface area contributed by atoms with E-state index in [4.69, 9.17) is 35.4 Å². The van der Waals surface area contributed by atoms with Crippen LogP contribution in [0.1, 0.15) is 39.0 Å². The van der Waals surface area contributed by atoms with E-state index in [2.05, 4.69) is 20.5 Å². The Kier molecular flexibility index (Phi) is 5.93. The fraction of sp³-hybridized carbons (Fsp3) is 0.250. The molecule has 4 rings (SSSR count). The second-order valence-electron chi connectivity index (χ2n) is 7.36. The summed E-state index contributed by atoms with van der Waals surface area (Å²) in [5.41, 5.74) is 1.28. The van der Waals surface area contributed by atoms with E-state index in [-0.39, 0.29) is 40.3 Å². The quantitative estimate of drug-likeness (QED) is 0.486. The lowest BCUT2D eigenvalue weighted by atomic mass is 9.98. The molecule has 0 aliphatic carbocycles. The van der Waals surface area contributed by atoms with Crippen LogP contribution < -0.4 is 10.9 Å². The number of rotatable bonds is 3. The topological polar surface area (TPSA) is 116 Å². The maximum atomic E-state index is 13.3. The van der Waals surface area contributed by atoms with Crippen molar-refractivity contribution < 1.29 is 9.59 Å². The number of H-pyrrole nitrogens is 2. The van der Waals surface area contributed by atoms with Gasteiger partial charge >= 0.3 is 0 Å². The molecule has 1 aromatic carbocycles. The zero-order valence-electron chi connectivity index (χ0n) is 17.0. The second-order valence-corrected chi connectivity index (χ2v) is 8.56. The Hall–Kier alpha value is -2.95. The Morgan fingerprint density at radius 3 is 2.69 bits per heavy atom. The van der Waals surface area contributed by atoms with Gasteiger partial charge in [0.15, 0.2) is 10.5 Å². The van der Waals surface area contributed by atoms with E-state index in [9.17, 15) is 14.4 Å². The second kappa shape index (κ2) is 8.53. The first-order valence-electron chi connectivity index (χ1n) is 9.62. The molecule has 0 bridgehead atoms. The SMILES string of the molecule is CNC(=O)c1cc(-n2c(=S)[nH]c3c(c2=O)C[C@@H](C)N(C(=O)c2ccc(Cl)c(Cl)c2)C3)[nH]n1. The van der Waals surface area contributed by atoms with Crippen LogP contribution in [0, 0.1) is 4.77 Å². The molecule has 32 heavy (non-hydrogen) atoms. The summed E-state index contributed by atoms with van der Waals surface area (Å²) in [6, 6.07) is 5.91. The number of halogens is 2. The Balaban J connectivity index is 1.70. The van der Waals surface area contributed by atoms with E-state index in [1.165, 1.54) is 23.7 Å². The van der Waals surface area contributed by atoms with Crippen LogP contribution in [0.5, 0.6) is 0 Å². The molecule has 0 spiro atoms. The van der Waals surface area contributed by atoms with Gasteiger partial charge in [-0.2, -0.15) is 5.10 Å². The summed E-state index contributed by atoms with van der Waals surface area (Å²) in [6.45, 7) is 2.05. The first kappa shape index (κ1) is 22.3. The maximum absolute atomic E-state index is 13.3. The number of aromatic amines is 2. The lowest BCUT2D eigenvalue weighted by Crippen LogP contribution is -2.45. The highest BCUT2D eigenvalue weighted by Crippen LogP contribution is 2.26. The van der Waals surface area contributed by atoms with Crippen molar-refractivity contribution in [1.82, 2.24) is 30.0 Å². The van der Waals surface area contributed by atoms with Crippen LogP contribution >= 0.6 is 35.4 Å². The van der Waals surface area contributed by atoms with Crippen molar-refractivity contribution in [1.29, 1.82) is 0 Å². The average Bonchev–Trinajstić information content (AvgIpc) is 3.24. The van der Waals surface area contributed by atoms with E-state index in [1.54, 1.807) is 17.0 Å². The van der Waals surface area contributed by atoms with E-state index >= 15 is 0 Å². The Morgan fingerprint density at radius 2 is 2.00 bits per heavy atom. The fourth-order valence-electron chi connectivity index (χ4n) is 3.65. The third kappa shape index (κ3) is 3.85. The van der Waals surface area contributed by atoms with Crippen molar-refractivity contribution in [2.75, 3.05) is 7.05 Å². The number of hydrogen-bond donors (Lipinski definition) is 3. The summed E-state index contributed by atoms with van der Waals surface area (Å²) in [4.78, 5) is 42.8. The number of nitrogens with zero attached hydrogens (tertiary/aromatic N) is 3. The van der Waals surface area contributed by atoms with Crippen molar-refractivity contribution in [2.24, 2.45) is 0 Å². The zero-order chi connectivity index (χ0) is 23.2. The fourth-order valence-corrected chi connectivity index (χ4v) is 4.25. The minimum atomic E-state index is -0.390. The molecule has 3 N–H and O–H groups in total. The summed E-state index contributed by atoms with van der Waals surface area (Å²) in [5.74, 6) is -0.341. The van der Waals surface area contributed by atoms with Crippen LogP contribution in [0.4, 0.5) is 0 Å². The minimum absolute atomic E-state index is 0.123. The van der Waals surface area contributed by atoms with Gasteiger partial charge in [0.05, 0.1) is 16.6 Å². The van der Waals surface area contributed by atoms with Crippen molar-refractivity contribution in [2.45, 2.75) is 25.9 Å². The molecule has 1 aliphatic rings. The molecule has 0 saturated heterocycles. The highest BCUT2D eigenvalue weighted by atomic mass is 35.5. The summed E-state index contributed by atoms with van der Waals surface area (Å²) in [5, 5.41) is 9.72. The molecule has 0 radical (unpaired) electrons. The smallest absolute Gasteiger partial charge is 0.271 e. The highest BCUT2D eigenvalue weighted by Gasteiger charge is 2.31. The van der Waals surface area contributed by atoms with Crippen molar-refractivity contribution in [3.05, 3.63) is 72.0 Å². The number of fused-ring (bicyclic) bond motifs is 1. The average molecular weight is 493 g/mol.